The Kier molecular flexibility index (Phi) is 3.29. The maximum absolute atomic E-state index is 12.2. The molecule has 1 heterocycles. The number of rotatable bonds is 4. The molecule has 0 aliphatic carbocycles. The lowest BCUT2D eigenvalue weighted by Gasteiger charge is -2.24. The van der Waals surface area contributed by atoms with Crippen LogP contribution in [0.25, 0.3) is 10.9 Å². The number of carboxylic acid groups (broad SMARTS) is 1. The Bertz CT molecular complexity index is 628. The summed E-state index contributed by atoms with van der Waals surface area (Å²) < 4.78 is 0. The molecule has 0 unspecified atom stereocenters. The van der Waals surface area contributed by atoms with Crippen LogP contribution in [0.1, 0.15) is 30.6 Å². The molecule has 100 valence electrons. The minimum absolute atomic E-state index is 0.126. The summed E-state index contributed by atoms with van der Waals surface area (Å²) in [6.07, 6.45) is 1.64. The summed E-state index contributed by atoms with van der Waals surface area (Å²) in [6.45, 7) is 3.38. The van der Waals surface area contributed by atoms with Crippen molar-refractivity contribution in [3.8, 4) is 0 Å². The molecule has 19 heavy (non-hydrogen) atoms. The molecule has 0 radical (unpaired) electrons. The number of amides is 1. The number of H-pyrrole nitrogens is 1. The second-order valence-electron chi connectivity index (χ2n) is 5.16. The number of aromatic nitrogens is 1. The molecule has 0 fully saturated rings. The lowest BCUT2D eigenvalue weighted by Crippen LogP contribution is -2.45. The topological polar surface area (TPSA) is 82.2 Å². The van der Waals surface area contributed by atoms with E-state index in [9.17, 15) is 9.59 Å². The molecule has 5 nitrogen and oxygen atoms in total. The Hall–Kier alpha value is -2.30. The van der Waals surface area contributed by atoms with Gasteiger partial charge in [-0.25, -0.2) is 0 Å². The van der Waals surface area contributed by atoms with E-state index in [2.05, 4.69) is 10.3 Å². The van der Waals surface area contributed by atoms with E-state index in [4.69, 9.17) is 5.11 Å². The number of hydrogen-bond acceptors (Lipinski definition) is 2. The molecule has 1 aromatic heterocycles. The third-order valence-electron chi connectivity index (χ3n) is 2.88. The van der Waals surface area contributed by atoms with E-state index in [0.717, 1.165) is 10.9 Å². The van der Waals surface area contributed by atoms with E-state index in [1.54, 1.807) is 32.2 Å². The van der Waals surface area contributed by atoms with Gasteiger partial charge in [0, 0.05) is 17.1 Å². The van der Waals surface area contributed by atoms with E-state index in [1.807, 2.05) is 12.1 Å². The highest BCUT2D eigenvalue weighted by Gasteiger charge is 2.25. The van der Waals surface area contributed by atoms with Crippen LogP contribution in [0.15, 0.2) is 30.5 Å². The van der Waals surface area contributed by atoms with Gasteiger partial charge in [-0.3, -0.25) is 9.59 Å². The minimum Gasteiger partial charge on any atom is -0.481 e. The first-order valence-electron chi connectivity index (χ1n) is 5.99. The number of para-hydroxylation sites is 1. The quantitative estimate of drug-likeness (QED) is 0.787. The van der Waals surface area contributed by atoms with Crippen molar-refractivity contribution in [2.24, 2.45) is 0 Å². The van der Waals surface area contributed by atoms with Gasteiger partial charge in [0.1, 0.15) is 0 Å². The van der Waals surface area contributed by atoms with Gasteiger partial charge in [0.05, 0.1) is 17.5 Å². The average Bonchev–Trinajstić information content (AvgIpc) is 2.73. The Morgan fingerprint density at radius 3 is 2.74 bits per heavy atom. The number of fused-ring (bicyclic) bond motifs is 1. The largest absolute Gasteiger partial charge is 0.481 e. The average molecular weight is 260 g/mol. The first-order chi connectivity index (χ1) is 8.89. The van der Waals surface area contributed by atoms with E-state index >= 15 is 0 Å². The highest BCUT2D eigenvalue weighted by atomic mass is 16.4. The van der Waals surface area contributed by atoms with Gasteiger partial charge < -0.3 is 15.4 Å². The van der Waals surface area contributed by atoms with Gasteiger partial charge in [0.15, 0.2) is 0 Å². The summed E-state index contributed by atoms with van der Waals surface area (Å²) in [4.78, 5) is 26.0. The van der Waals surface area contributed by atoms with E-state index in [0.29, 0.717) is 5.56 Å². The molecular weight excluding hydrogens is 244 g/mol. The molecule has 0 atom stereocenters. The Labute approximate surface area is 110 Å². The van der Waals surface area contributed by atoms with E-state index < -0.39 is 11.5 Å². The predicted octanol–water partition coefficient (Wildman–Crippen LogP) is 2.15. The number of benzene rings is 1. The number of nitrogens with one attached hydrogen (secondary N) is 2. The van der Waals surface area contributed by atoms with Crippen LogP contribution in [0.5, 0.6) is 0 Å². The molecule has 0 saturated heterocycles. The maximum atomic E-state index is 12.2. The van der Waals surface area contributed by atoms with Crippen LogP contribution in [0.4, 0.5) is 0 Å². The molecule has 0 aliphatic rings. The summed E-state index contributed by atoms with van der Waals surface area (Å²) >= 11 is 0. The molecule has 3 N–H and O–H groups in total. The fraction of sp³-hybridized carbons (Fsp3) is 0.286. The van der Waals surface area contributed by atoms with Gasteiger partial charge in [-0.15, -0.1) is 0 Å². The monoisotopic (exact) mass is 260 g/mol. The number of carbonyl (C=O) groups excluding carboxylic acids is 1. The molecule has 0 bridgehead atoms. The molecule has 2 aromatic rings. The van der Waals surface area contributed by atoms with Crippen molar-refractivity contribution >= 4 is 22.8 Å². The second kappa shape index (κ2) is 4.76. The molecule has 0 saturated carbocycles. The summed E-state index contributed by atoms with van der Waals surface area (Å²) in [5, 5.41) is 12.5. The predicted molar refractivity (Wildman–Crippen MR) is 72.1 cm³/mol. The Morgan fingerprint density at radius 2 is 2.05 bits per heavy atom. The number of carboxylic acids is 1. The lowest BCUT2D eigenvalue weighted by molar-refractivity contribution is -0.138. The number of aliphatic carboxylic acids is 1. The molecular formula is C14H16N2O3. The number of hydrogen-bond donors (Lipinski definition) is 3. The molecule has 5 heteroatoms. The Balaban J connectivity index is 2.25. The molecule has 1 amide bonds. The zero-order valence-electron chi connectivity index (χ0n) is 10.9. The fourth-order valence-corrected chi connectivity index (χ4v) is 2.07. The van der Waals surface area contributed by atoms with Crippen molar-refractivity contribution in [3.63, 3.8) is 0 Å². The SMILES string of the molecule is CC(C)(CC(=O)O)NC(=O)c1cccc2cc[nH]c12. The van der Waals surface area contributed by atoms with Gasteiger partial charge in [0.25, 0.3) is 5.91 Å². The van der Waals surface area contributed by atoms with Gasteiger partial charge in [0.2, 0.25) is 0 Å². The highest BCUT2D eigenvalue weighted by Crippen LogP contribution is 2.18. The van der Waals surface area contributed by atoms with Crippen molar-refractivity contribution in [1.29, 1.82) is 0 Å². The zero-order valence-corrected chi connectivity index (χ0v) is 10.9. The third kappa shape index (κ3) is 2.93. The van der Waals surface area contributed by atoms with Gasteiger partial charge in [-0.05, 0) is 26.0 Å². The highest BCUT2D eigenvalue weighted by molar-refractivity contribution is 6.06. The van der Waals surface area contributed by atoms with Crippen molar-refractivity contribution in [3.05, 3.63) is 36.0 Å². The van der Waals surface area contributed by atoms with Crippen LogP contribution in [0, 0.1) is 0 Å². The van der Waals surface area contributed by atoms with Crippen LogP contribution in [-0.4, -0.2) is 27.5 Å². The van der Waals surface area contributed by atoms with Crippen LogP contribution < -0.4 is 5.32 Å². The second-order valence-corrected chi connectivity index (χ2v) is 5.16. The lowest BCUT2D eigenvalue weighted by atomic mass is 10.00. The Morgan fingerprint density at radius 1 is 1.32 bits per heavy atom. The minimum atomic E-state index is -0.941. The first-order valence-corrected chi connectivity index (χ1v) is 5.99. The van der Waals surface area contributed by atoms with Crippen molar-refractivity contribution in [2.45, 2.75) is 25.8 Å². The molecule has 2 rings (SSSR count). The van der Waals surface area contributed by atoms with Crippen LogP contribution in [0.3, 0.4) is 0 Å². The number of carbonyl (C=O) groups is 2. The van der Waals surface area contributed by atoms with Gasteiger partial charge in [-0.2, -0.15) is 0 Å². The molecule has 0 aliphatic heterocycles. The molecule has 0 spiro atoms. The summed E-state index contributed by atoms with van der Waals surface area (Å²) in [5.74, 6) is -1.22. The summed E-state index contributed by atoms with van der Waals surface area (Å²) in [6, 6.07) is 7.31. The maximum Gasteiger partial charge on any atom is 0.305 e. The first kappa shape index (κ1) is 13.1. The summed E-state index contributed by atoms with van der Waals surface area (Å²) in [7, 11) is 0. The van der Waals surface area contributed by atoms with E-state index in [-0.39, 0.29) is 12.3 Å². The third-order valence-corrected chi connectivity index (χ3v) is 2.88. The van der Waals surface area contributed by atoms with Crippen LogP contribution in [0.2, 0.25) is 0 Å². The standard InChI is InChI=1S/C14H16N2O3/c1-14(2,8-11(17)18)16-13(19)10-5-3-4-9-6-7-15-12(9)10/h3-7,15H,8H2,1-2H3,(H,16,19)(H,17,18). The fourth-order valence-electron chi connectivity index (χ4n) is 2.07. The van der Waals surface area contributed by atoms with Crippen LogP contribution >= 0.6 is 0 Å². The van der Waals surface area contributed by atoms with Crippen LogP contribution in [-0.2, 0) is 4.79 Å². The van der Waals surface area contributed by atoms with Crippen molar-refractivity contribution in [2.75, 3.05) is 0 Å². The van der Waals surface area contributed by atoms with E-state index in [1.165, 1.54) is 0 Å². The van der Waals surface area contributed by atoms with Gasteiger partial charge >= 0.3 is 5.97 Å². The smallest absolute Gasteiger partial charge is 0.305 e. The van der Waals surface area contributed by atoms with Crippen molar-refractivity contribution in [1.82, 2.24) is 10.3 Å². The summed E-state index contributed by atoms with van der Waals surface area (Å²) in [5.41, 5.74) is 0.476. The normalized spacial score (nSPS) is 11.5. The molecule has 1 aromatic carbocycles. The zero-order chi connectivity index (χ0) is 14.0. The number of aromatic amines is 1. The van der Waals surface area contributed by atoms with Crippen molar-refractivity contribution < 1.29 is 14.7 Å². The van der Waals surface area contributed by atoms with Gasteiger partial charge in [-0.1, -0.05) is 12.1 Å².